The lowest BCUT2D eigenvalue weighted by atomic mass is 9.97. The summed E-state index contributed by atoms with van der Waals surface area (Å²) >= 11 is 0. The molecule has 0 N–H and O–H groups in total. The van der Waals surface area contributed by atoms with E-state index in [-0.39, 0.29) is 0 Å². The average Bonchev–Trinajstić information content (AvgIpc) is 3.65. The number of para-hydroxylation sites is 1. The van der Waals surface area contributed by atoms with Crippen molar-refractivity contribution >= 4 is 28.0 Å². The second kappa shape index (κ2) is 15.8. The van der Waals surface area contributed by atoms with Crippen LogP contribution in [0, 0.1) is 13.8 Å². The number of aryl methyl sites for hydroxylation is 2. The second-order valence-electron chi connectivity index (χ2n) is 15.2. The van der Waals surface area contributed by atoms with Gasteiger partial charge in [0.2, 0.25) is 0 Å². The minimum absolute atomic E-state index is 0.871. The number of benzene rings is 7. The first kappa shape index (κ1) is 36.5. The predicted octanol–water partition coefficient (Wildman–Crippen LogP) is 14.8. The van der Waals surface area contributed by atoms with Gasteiger partial charge in [-0.05, 0) is 101 Å². The Kier molecular flexibility index (Phi) is 9.64. The van der Waals surface area contributed by atoms with Crippen LogP contribution < -0.4 is 4.90 Å². The van der Waals surface area contributed by atoms with E-state index in [1.54, 1.807) is 0 Å². The third-order valence-electron chi connectivity index (χ3n) is 11.3. The van der Waals surface area contributed by atoms with E-state index >= 15 is 0 Å². The molecule has 0 saturated carbocycles. The van der Waals surface area contributed by atoms with E-state index in [1.807, 2.05) is 12.4 Å². The number of aromatic nitrogens is 3. The van der Waals surface area contributed by atoms with Crippen molar-refractivity contribution in [3.8, 4) is 61.7 Å². The van der Waals surface area contributed by atoms with Crippen LogP contribution >= 0.6 is 0 Å². The summed E-state index contributed by atoms with van der Waals surface area (Å²) in [7, 11) is 0. The smallest absolute Gasteiger partial charge is 0.137 e. The van der Waals surface area contributed by atoms with Crippen molar-refractivity contribution in [2.24, 2.45) is 0 Å². The monoisotopic (exact) mass is 770 g/mol. The minimum Gasteiger partial charge on any atom is -0.310 e. The number of pyridine rings is 2. The molecular formula is C56H42N4. The van der Waals surface area contributed by atoms with Gasteiger partial charge in [0.25, 0.3) is 0 Å². The molecule has 0 radical (unpaired) electrons. The molecule has 0 amide bonds. The van der Waals surface area contributed by atoms with Crippen molar-refractivity contribution in [3.05, 3.63) is 230 Å². The van der Waals surface area contributed by atoms with Crippen LogP contribution in [0.4, 0.5) is 17.1 Å². The summed E-state index contributed by atoms with van der Waals surface area (Å²) in [4.78, 5) is 12.4. The fraction of sp³-hybridized carbons (Fsp3) is 0.0357. The first-order valence-electron chi connectivity index (χ1n) is 20.4. The molecule has 60 heavy (non-hydrogen) atoms. The van der Waals surface area contributed by atoms with Gasteiger partial charge < -0.3 is 4.90 Å². The van der Waals surface area contributed by atoms with E-state index in [0.29, 0.717) is 0 Å². The molecule has 10 aromatic rings. The summed E-state index contributed by atoms with van der Waals surface area (Å²) < 4.78 is 2.35. The first-order valence-corrected chi connectivity index (χ1v) is 20.4. The molecule has 0 aliphatic carbocycles. The fourth-order valence-electron chi connectivity index (χ4n) is 8.43. The Bertz CT molecular complexity index is 3100. The van der Waals surface area contributed by atoms with Crippen LogP contribution in [-0.2, 0) is 0 Å². The van der Waals surface area contributed by atoms with Gasteiger partial charge in [-0.2, -0.15) is 0 Å². The summed E-state index contributed by atoms with van der Waals surface area (Å²) in [6.07, 6.45) is 3.90. The van der Waals surface area contributed by atoms with Crippen LogP contribution in [0.1, 0.15) is 11.1 Å². The normalized spacial score (nSPS) is 11.2. The fourth-order valence-corrected chi connectivity index (χ4v) is 8.43. The highest BCUT2D eigenvalue weighted by molar-refractivity contribution is 6.07. The van der Waals surface area contributed by atoms with Gasteiger partial charge >= 0.3 is 0 Å². The Labute approximate surface area is 351 Å². The molecule has 0 bridgehead atoms. The standard InChI is InChI=1S/C56H42N4/c1-39-32-33-57-54(34-39)60-53-36-47(30-31-49(53)55(43-22-11-5-12-23-43)56(60)44-24-13-6-14-25-44)59(52-29-16-15-28-48(52)41-18-7-3-8-19-41)46-27-17-26-45(35-46)51-37-50(40(2)38-58-51)42-20-9-4-10-21-42/h3-38H,1-2H3. The minimum atomic E-state index is 0.871. The molecule has 4 nitrogen and oxygen atoms in total. The molecule has 10 rings (SSSR count). The van der Waals surface area contributed by atoms with Crippen LogP contribution in [0.25, 0.3) is 72.6 Å². The number of rotatable bonds is 9. The van der Waals surface area contributed by atoms with Crippen LogP contribution in [0.2, 0.25) is 0 Å². The number of hydrogen-bond acceptors (Lipinski definition) is 3. The van der Waals surface area contributed by atoms with E-state index in [9.17, 15) is 0 Å². The van der Waals surface area contributed by atoms with Gasteiger partial charge in [-0.3, -0.25) is 9.55 Å². The molecule has 0 aliphatic heterocycles. The molecular weight excluding hydrogens is 729 g/mol. The molecule has 0 saturated heterocycles. The lowest BCUT2D eigenvalue weighted by molar-refractivity contribution is 1.04. The van der Waals surface area contributed by atoms with Crippen LogP contribution in [0.15, 0.2) is 219 Å². The zero-order valence-corrected chi connectivity index (χ0v) is 33.6. The Morgan fingerprint density at radius 1 is 0.450 bits per heavy atom. The van der Waals surface area contributed by atoms with Gasteiger partial charge in [0.05, 0.1) is 22.6 Å². The number of hydrogen-bond donors (Lipinski definition) is 0. The van der Waals surface area contributed by atoms with Crippen LogP contribution in [0.5, 0.6) is 0 Å². The Morgan fingerprint density at radius 2 is 1.05 bits per heavy atom. The summed E-state index contributed by atoms with van der Waals surface area (Å²) in [5.41, 5.74) is 17.6. The van der Waals surface area contributed by atoms with Crippen molar-refractivity contribution in [1.29, 1.82) is 0 Å². The second-order valence-corrected chi connectivity index (χ2v) is 15.2. The molecule has 3 heterocycles. The number of anilines is 3. The highest BCUT2D eigenvalue weighted by Gasteiger charge is 2.25. The topological polar surface area (TPSA) is 34.0 Å². The molecule has 0 aliphatic rings. The molecule has 3 aromatic heterocycles. The highest BCUT2D eigenvalue weighted by Crippen LogP contribution is 2.47. The quantitative estimate of drug-likeness (QED) is 0.147. The highest BCUT2D eigenvalue weighted by atomic mass is 15.2. The predicted molar refractivity (Wildman–Crippen MR) is 250 cm³/mol. The van der Waals surface area contributed by atoms with Gasteiger partial charge in [-0.25, -0.2) is 4.98 Å². The SMILES string of the molecule is Cc1ccnc(-n2c(-c3ccccc3)c(-c3ccccc3)c3ccc(N(c4cccc(-c5cc(-c6ccccc6)c(C)cn5)c4)c4ccccc4-c4ccccc4)cc32)c1. The Hall–Kier alpha value is -7.82. The van der Waals surface area contributed by atoms with Gasteiger partial charge in [0, 0.05) is 45.8 Å². The number of fused-ring (bicyclic) bond motifs is 1. The Balaban J connectivity index is 1.24. The maximum absolute atomic E-state index is 5.02. The van der Waals surface area contributed by atoms with Gasteiger partial charge in [0.1, 0.15) is 5.82 Å². The van der Waals surface area contributed by atoms with Gasteiger partial charge in [-0.1, -0.05) is 158 Å². The van der Waals surface area contributed by atoms with Crippen molar-refractivity contribution < 1.29 is 0 Å². The maximum Gasteiger partial charge on any atom is 0.137 e. The largest absolute Gasteiger partial charge is 0.310 e. The number of nitrogens with zero attached hydrogens (tertiary/aromatic N) is 4. The van der Waals surface area contributed by atoms with Crippen LogP contribution in [0.3, 0.4) is 0 Å². The van der Waals surface area contributed by atoms with Crippen molar-refractivity contribution in [1.82, 2.24) is 14.5 Å². The maximum atomic E-state index is 5.02. The Morgan fingerprint density at radius 3 is 1.75 bits per heavy atom. The van der Waals surface area contributed by atoms with E-state index < -0.39 is 0 Å². The molecule has 4 heteroatoms. The van der Waals surface area contributed by atoms with E-state index in [4.69, 9.17) is 9.97 Å². The molecule has 0 unspecified atom stereocenters. The van der Waals surface area contributed by atoms with Gasteiger partial charge in [-0.15, -0.1) is 0 Å². The zero-order chi connectivity index (χ0) is 40.4. The average molecular weight is 771 g/mol. The van der Waals surface area contributed by atoms with E-state index in [0.717, 1.165) is 84.1 Å². The first-order chi connectivity index (χ1) is 29.6. The molecule has 0 atom stereocenters. The zero-order valence-electron chi connectivity index (χ0n) is 33.6. The van der Waals surface area contributed by atoms with Crippen LogP contribution in [-0.4, -0.2) is 14.5 Å². The van der Waals surface area contributed by atoms with E-state index in [2.05, 4.69) is 230 Å². The lowest BCUT2D eigenvalue weighted by Crippen LogP contribution is -2.11. The third-order valence-corrected chi connectivity index (χ3v) is 11.3. The molecule has 7 aromatic carbocycles. The molecule has 0 spiro atoms. The van der Waals surface area contributed by atoms with Crippen molar-refractivity contribution in [2.45, 2.75) is 13.8 Å². The summed E-state index contributed by atoms with van der Waals surface area (Å²) in [6.45, 7) is 4.26. The van der Waals surface area contributed by atoms with E-state index in [1.165, 1.54) is 16.7 Å². The summed E-state index contributed by atoms with van der Waals surface area (Å²) in [6, 6.07) is 73.5. The third kappa shape index (κ3) is 6.84. The van der Waals surface area contributed by atoms with Crippen molar-refractivity contribution in [2.75, 3.05) is 4.90 Å². The lowest BCUT2D eigenvalue weighted by Gasteiger charge is -2.28. The molecule has 286 valence electrons. The van der Waals surface area contributed by atoms with Crippen molar-refractivity contribution in [3.63, 3.8) is 0 Å². The summed E-state index contributed by atoms with van der Waals surface area (Å²) in [5, 5.41) is 1.15. The molecule has 0 fully saturated rings. The summed E-state index contributed by atoms with van der Waals surface area (Å²) in [5.74, 6) is 0.871. The van der Waals surface area contributed by atoms with Gasteiger partial charge in [0.15, 0.2) is 0 Å².